The van der Waals surface area contributed by atoms with Gasteiger partial charge in [-0.15, -0.1) is 0 Å². The Morgan fingerprint density at radius 1 is 0.867 bits per heavy atom. The van der Waals surface area contributed by atoms with Crippen LogP contribution in [0, 0.1) is 0 Å². The fraction of sp³-hybridized carbons (Fsp3) is 0.367. The van der Waals surface area contributed by atoms with Gasteiger partial charge in [-0.05, 0) is 72.9 Å². The molecule has 3 aromatic rings. The number of hydrogen-bond acceptors (Lipinski definition) is 6. The lowest BCUT2D eigenvalue weighted by atomic mass is 9.93. The fourth-order valence-electron chi connectivity index (χ4n) is 4.53. The molecule has 5 N–H and O–H groups in total. The first kappa shape index (κ1) is 35.7. The Balaban J connectivity index is 1.60. The molecule has 3 rings (SSSR count). The van der Waals surface area contributed by atoms with Crippen molar-refractivity contribution in [3.63, 3.8) is 0 Å². The highest BCUT2D eigenvalue weighted by molar-refractivity contribution is 7.92. The number of aromatic hydroxyl groups is 1. The monoisotopic (exact) mass is 661 g/mol. The van der Waals surface area contributed by atoms with E-state index in [0.717, 1.165) is 11.8 Å². The molecule has 1 atom stereocenters. The quantitative estimate of drug-likeness (QED) is 0.132. The molecule has 0 saturated heterocycles. The van der Waals surface area contributed by atoms with Crippen molar-refractivity contribution in [2.45, 2.75) is 57.2 Å². The van der Waals surface area contributed by atoms with Crippen LogP contribution in [0.25, 0.3) is 0 Å². The molecule has 1 amide bonds. The van der Waals surface area contributed by atoms with E-state index in [2.05, 4.69) is 15.4 Å². The van der Waals surface area contributed by atoms with E-state index in [0.29, 0.717) is 29.7 Å². The van der Waals surface area contributed by atoms with E-state index >= 15 is 0 Å². The third-order valence-electron chi connectivity index (χ3n) is 6.61. The summed E-state index contributed by atoms with van der Waals surface area (Å²) in [5.41, 5.74) is -2.19. The summed E-state index contributed by atoms with van der Waals surface area (Å²) in [7, 11) is -3.66. The number of rotatable bonds is 12. The number of nitrogens with one attached hydrogen (secondary N) is 3. The lowest BCUT2D eigenvalue weighted by molar-refractivity contribution is -0.143. The number of alkyl halides is 6. The summed E-state index contributed by atoms with van der Waals surface area (Å²) < 4.78 is 104. The van der Waals surface area contributed by atoms with Crippen molar-refractivity contribution in [1.29, 1.82) is 0 Å². The number of phenols is 1. The molecular formula is C30H33F6N3O5S. The van der Waals surface area contributed by atoms with E-state index in [1.807, 2.05) is 19.9 Å². The van der Waals surface area contributed by atoms with Crippen molar-refractivity contribution in [3.8, 4) is 5.75 Å². The molecule has 0 aliphatic heterocycles. The van der Waals surface area contributed by atoms with E-state index in [4.69, 9.17) is 0 Å². The number of carbonyl (C=O) groups excluding carboxylic acids is 1. The van der Waals surface area contributed by atoms with Gasteiger partial charge in [0, 0.05) is 18.6 Å². The van der Waals surface area contributed by atoms with Crippen LogP contribution in [-0.4, -0.2) is 42.9 Å². The number of β-amino-alcohol motifs (C(OH)–C–C–N with tert-alkyl or cyclic N) is 1. The van der Waals surface area contributed by atoms with Crippen LogP contribution in [0.4, 0.5) is 32.0 Å². The minimum absolute atomic E-state index is 0.0244. The SMILES string of the molecule is CC(C)(Cc1cccc(CC(=O)NCc2cc(C(F)(F)F)cc(C(F)(F)F)c2)c1)NC[C@H](O)c1ccc(O)c(NS(C)(=O)=O)c1. The molecule has 15 heteroatoms. The first-order valence-electron chi connectivity index (χ1n) is 13.5. The van der Waals surface area contributed by atoms with E-state index in [1.54, 1.807) is 18.2 Å². The molecular weight excluding hydrogens is 628 g/mol. The summed E-state index contributed by atoms with van der Waals surface area (Å²) in [5, 5.41) is 26.2. The van der Waals surface area contributed by atoms with Crippen molar-refractivity contribution in [1.82, 2.24) is 10.6 Å². The second-order valence-electron chi connectivity index (χ2n) is 11.3. The van der Waals surface area contributed by atoms with Gasteiger partial charge in [0.15, 0.2) is 0 Å². The van der Waals surface area contributed by atoms with Crippen molar-refractivity contribution in [3.05, 3.63) is 94.0 Å². The zero-order chi connectivity index (χ0) is 33.8. The summed E-state index contributed by atoms with van der Waals surface area (Å²) in [6.07, 6.45) is -9.84. The van der Waals surface area contributed by atoms with Crippen molar-refractivity contribution in [2.24, 2.45) is 0 Å². The molecule has 0 aromatic heterocycles. The Hall–Kier alpha value is -3.82. The minimum Gasteiger partial charge on any atom is -0.506 e. The summed E-state index contributed by atoms with van der Waals surface area (Å²) in [6.45, 7) is 3.29. The number of halogens is 6. The largest absolute Gasteiger partial charge is 0.506 e. The van der Waals surface area contributed by atoms with E-state index in [9.17, 15) is 49.8 Å². The van der Waals surface area contributed by atoms with E-state index < -0.39 is 57.6 Å². The third-order valence-corrected chi connectivity index (χ3v) is 7.20. The Kier molecular flexibility index (Phi) is 10.8. The molecule has 0 fully saturated rings. The number of benzene rings is 3. The molecule has 8 nitrogen and oxygen atoms in total. The number of phenolic OH excluding ortho intramolecular Hbond substituents is 1. The Morgan fingerprint density at radius 2 is 1.47 bits per heavy atom. The minimum atomic E-state index is -4.99. The number of anilines is 1. The number of hydrogen-bond donors (Lipinski definition) is 5. The maximum absolute atomic E-state index is 13.1. The predicted octanol–water partition coefficient (Wildman–Crippen LogP) is 5.30. The molecule has 0 unspecified atom stereocenters. The van der Waals surface area contributed by atoms with Gasteiger partial charge < -0.3 is 20.8 Å². The van der Waals surface area contributed by atoms with Gasteiger partial charge >= 0.3 is 12.4 Å². The highest BCUT2D eigenvalue weighted by atomic mass is 32.2. The number of carbonyl (C=O) groups is 1. The maximum Gasteiger partial charge on any atom is 0.416 e. The fourth-order valence-corrected chi connectivity index (χ4v) is 5.09. The second-order valence-corrected chi connectivity index (χ2v) is 13.0. The normalized spacial score (nSPS) is 13.4. The standard InChI is InChI=1S/C30H33F6N3O5S/c1-28(2,38-17-26(41)21-7-8-25(40)24(13-21)39-45(3,43)44)15-19-6-4-5-18(9-19)12-27(42)37-16-20-10-22(29(31,32)33)14-23(11-20)30(34,35)36/h4-11,13-14,26,38-41H,12,15-17H2,1-3H3,(H,37,42)/t26-/m0/s1. The van der Waals surface area contributed by atoms with E-state index in [-0.39, 0.29) is 36.0 Å². The lowest BCUT2D eigenvalue weighted by Gasteiger charge is -2.28. The number of aliphatic hydroxyl groups is 1. The molecule has 0 radical (unpaired) electrons. The van der Waals surface area contributed by atoms with E-state index in [1.165, 1.54) is 18.2 Å². The van der Waals surface area contributed by atoms with Crippen LogP contribution >= 0.6 is 0 Å². The Labute approximate surface area is 256 Å². The highest BCUT2D eigenvalue weighted by Crippen LogP contribution is 2.36. The van der Waals surface area contributed by atoms with Gasteiger partial charge in [-0.3, -0.25) is 9.52 Å². The highest BCUT2D eigenvalue weighted by Gasteiger charge is 2.37. The van der Waals surface area contributed by atoms with Crippen LogP contribution < -0.4 is 15.4 Å². The zero-order valence-corrected chi connectivity index (χ0v) is 25.3. The molecule has 0 spiro atoms. The summed E-state index contributed by atoms with van der Waals surface area (Å²) in [4.78, 5) is 12.5. The number of aliphatic hydroxyl groups excluding tert-OH is 1. The first-order chi connectivity index (χ1) is 20.6. The van der Waals surface area contributed by atoms with Crippen molar-refractivity contribution in [2.75, 3.05) is 17.5 Å². The van der Waals surface area contributed by atoms with Crippen LogP contribution in [0.2, 0.25) is 0 Å². The predicted molar refractivity (Wildman–Crippen MR) is 156 cm³/mol. The van der Waals surface area contributed by atoms with Crippen LogP contribution in [0.15, 0.2) is 60.7 Å². The maximum atomic E-state index is 13.1. The zero-order valence-electron chi connectivity index (χ0n) is 24.5. The van der Waals surface area contributed by atoms with Crippen LogP contribution in [0.3, 0.4) is 0 Å². The van der Waals surface area contributed by atoms with Crippen molar-refractivity contribution < 1.29 is 49.8 Å². The molecule has 0 aliphatic rings. The Morgan fingerprint density at radius 3 is 2.04 bits per heavy atom. The van der Waals surface area contributed by atoms with Crippen LogP contribution in [-0.2, 0) is 46.6 Å². The Bertz CT molecular complexity index is 1590. The van der Waals surface area contributed by atoms with Crippen LogP contribution in [0.1, 0.15) is 53.3 Å². The lowest BCUT2D eigenvalue weighted by Crippen LogP contribution is -2.43. The second kappa shape index (κ2) is 13.7. The smallest absolute Gasteiger partial charge is 0.416 e. The average molecular weight is 662 g/mol. The van der Waals surface area contributed by atoms with Gasteiger partial charge in [0.05, 0.1) is 35.6 Å². The first-order valence-corrected chi connectivity index (χ1v) is 15.4. The topological polar surface area (TPSA) is 128 Å². The molecule has 246 valence electrons. The van der Waals surface area contributed by atoms with Crippen LogP contribution in [0.5, 0.6) is 5.75 Å². The molecule has 45 heavy (non-hydrogen) atoms. The van der Waals surface area contributed by atoms with Gasteiger partial charge in [-0.1, -0.05) is 30.3 Å². The average Bonchev–Trinajstić information content (AvgIpc) is 2.90. The number of sulfonamides is 1. The van der Waals surface area contributed by atoms with Crippen molar-refractivity contribution >= 4 is 21.6 Å². The van der Waals surface area contributed by atoms with Gasteiger partial charge in [0.25, 0.3) is 0 Å². The van der Waals surface area contributed by atoms with Gasteiger partial charge in [0.2, 0.25) is 15.9 Å². The molecule has 0 aliphatic carbocycles. The summed E-state index contributed by atoms with van der Waals surface area (Å²) >= 11 is 0. The molecule has 0 heterocycles. The molecule has 0 saturated carbocycles. The number of amides is 1. The van der Waals surface area contributed by atoms with Gasteiger partial charge in [0.1, 0.15) is 5.75 Å². The molecule has 0 bridgehead atoms. The summed E-state index contributed by atoms with van der Waals surface area (Å²) in [5.74, 6) is -0.901. The van der Waals surface area contributed by atoms with Gasteiger partial charge in [-0.25, -0.2) is 8.42 Å². The molecule has 3 aromatic carbocycles. The third kappa shape index (κ3) is 11.2. The summed E-state index contributed by atoms with van der Waals surface area (Å²) in [6, 6.07) is 12.1. The van der Waals surface area contributed by atoms with Gasteiger partial charge in [-0.2, -0.15) is 26.3 Å².